The van der Waals surface area contributed by atoms with Crippen LogP contribution >= 0.6 is 0 Å². The summed E-state index contributed by atoms with van der Waals surface area (Å²) in [6, 6.07) is 0.759. The molecule has 2 unspecified atom stereocenters. The maximum Gasteiger partial charge on any atom is 0.0726 e. The minimum absolute atomic E-state index is 0.759. The number of rotatable bonds is 3. The van der Waals surface area contributed by atoms with Crippen molar-refractivity contribution in [2.45, 2.75) is 38.3 Å². The highest BCUT2D eigenvalue weighted by Gasteiger charge is 2.28. The Bertz CT molecular complexity index is 361. The molecule has 2 saturated heterocycles. The summed E-state index contributed by atoms with van der Waals surface area (Å²) < 4.78 is 0. The molecule has 18 heavy (non-hydrogen) atoms. The van der Waals surface area contributed by atoms with E-state index in [0.29, 0.717) is 0 Å². The molecular weight excluding hydrogens is 224 g/mol. The predicted molar refractivity (Wildman–Crippen MR) is 71.1 cm³/mol. The van der Waals surface area contributed by atoms with Crippen molar-refractivity contribution in [3.8, 4) is 0 Å². The molecule has 1 aromatic rings. The molecule has 0 aromatic carbocycles. The van der Waals surface area contributed by atoms with Gasteiger partial charge in [-0.3, -0.25) is 14.9 Å². The second-order valence-corrected chi connectivity index (χ2v) is 5.54. The first-order valence-electron chi connectivity index (χ1n) is 7.12. The van der Waals surface area contributed by atoms with Crippen molar-refractivity contribution in [1.82, 2.24) is 20.2 Å². The Balaban J connectivity index is 1.56. The van der Waals surface area contributed by atoms with E-state index in [4.69, 9.17) is 0 Å². The fourth-order valence-electron chi connectivity index (χ4n) is 3.32. The second-order valence-electron chi connectivity index (χ2n) is 5.54. The Kier molecular flexibility index (Phi) is 3.86. The number of hydrogen-bond donors (Lipinski definition) is 1. The molecule has 0 radical (unpaired) electrons. The van der Waals surface area contributed by atoms with Gasteiger partial charge in [-0.15, -0.1) is 0 Å². The van der Waals surface area contributed by atoms with Crippen molar-refractivity contribution in [2.24, 2.45) is 5.92 Å². The Labute approximate surface area is 109 Å². The van der Waals surface area contributed by atoms with E-state index in [0.717, 1.165) is 24.2 Å². The highest BCUT2D eigenvalue weighted by molar-refractivity contribution is 4.96. The SMILES string of the molecule is c1cnc(CN2CCCC(C3CCCN3)C2)cn1. The fraction of sp³-hybridized carbons (Fsp3) is 0.714. The van der Waals surface area contributed by atoms with E-state index in [9.17, 15) is 0 Å². The summed E-state index contributed by atoms with van der Waals surface area (Å²) in [4.78, 5) is 11.1. The maximum atomic E-state index is 4.38. The van der Waals surface area contributed by atoms with Gasteiger partial charge in [-0.1, -0.05) is 0 Å². The summed E-state index contributed by atoms with van der Waals surface area (Å²) >= 11 is 0. The minimum Gasteiger partial charge on any atom is -0.314 e. The normalized spacial score (nSPS) is 29.6. The number of piperidine rings is 1. The van der Waals surface area contributed by atoms with Gasteiger partial charge in [-0.05, 0) is 44.7 Å². The van der Waals surface area contributed by atoms with Crippen LogP contribution in [0, 0.1) is 5.92 Å². The van der Waals surface area contributed by atoms with Gasteiger partial charge in [0.2, 0.25) is 0 Å². The quantitative estimate of drug-likeness (QED) is 0.876. The molecule has 0 amide bonds. The van der Waals surface area contributed by atoms with Crippen molar-refractivity contribution in [3.05, 3.63) is 24.3 Å². The first-order chi connectivity index (χ1) is 8.92. The molecule has 2 aliphatic rings. The van der Waals surface area contributed by atoms with Gasteiger partial charge in [0.25, 0.3) is 0 Å². The average Bonchev–Trinajstić information content (AvgIpc) is 2.94. The van der Waals surface area contributed by atoms with E-state index in [1.807, 2.05) is 6.20 Å². The van der Waals surface area contributed by atoms with Crippen LogP contribution in [0.25, 0.3) is 0 Å². The van der Waals surface area contributed by atoms with Crippen molar-refractivity contribution in [3.63, 3.8) is 0 Å². The number of nitrogens with zero attached hydrogens (tertiary/aromatic N) is 3. The maximum absolute atomic E-state index is 4.38. The van der Waals surface area contributed by atoms with Gasteiger partial charge in [-0.25, -0.2) is 0 Å². The molecule has 4 heteroatoms. The van der Waals surface area contributed by atoms with Crippen LogP contribution in [0.3, 0.4) is 0 Å². The van der Waals surface area contributed by atoms with E-state index in [1.54, 1.807) is 12.4 Å². The molecule has 0 saturated carbocycles. The molecule has 98 valence electrons. The van der Waals surface area contributed by atoms with Crippen molar-refractivity contribution in [2.75, 3.05) is 19.6 Å². The Hall–Kier alpha value is -1.00. The van der Waals surface area contributed by atoms with Gasteiger partial charge in [0, 0.05) is 37.7 Å². The number of hydrogen-bond acceptors (Lipinski definition) is 4. The summed E-state index contributed by atoms with van der Waals surface area (Å²) in [6.45, 7) is 4.59. The number of likely N-dealkylation sites (tertiary alicyclic amines) is 1. The molecule has 0 aliphatic carbocycles. The van der Waals surface area contributed by atoms with Crippen LogP contribution < -0.4 is 5.32 Å². The fourth-order valence-corrected chi connectivity index (χ4v) is 3.32. The van der Waals surface area contributed by atoms with Crippen LogP contribution in [-0.2, 0) is 6.54 Å². The van der Waals surface area contributed by atoms with Gasteiger partial charge in [0.1, 0.15) is 0 Å². The lowest BCUT2D eigenvalue weighted by molar-refractivity contribution is 0.144. The zero-order valence-corrected chi connectivity index (χ0v) is 10.9. The van der Waals surface area contributed by atoms with E-state index in [2.05, 4.69) is 20.2 Å². The summed E-state index contributed by atoms with van der Waals surface area (Å²) in [5, 5.41) is 3.66. The smallest absolute Gasteiger partial charge is 0.0726 e. The van der Waals surface area contributed by atoms with Crippen molar-refractivity contribution in [1.29, 1.82) is 0 Å². The highest BCUT2D eigenvalue weighted by Crippen LogP contribution is 2.25. The molecule has 2 atom stereocenters. The van der Waals surface area contributed by atoms with E-state index in [-0.39, 0.29) is 0 Å². The minimum atomic E-state index is 0.759. The molecule has 2 fully saturated rings. The third-order valence-electron chi connectivity index (χ3n) is 4.21. The van der Waals surface area contributed by atoms with E-state index < -0.39 is 0 Å². The van der Waals surface area contributed by atoms with Crippen LogP contribution in [-0.4, -0.2) is 40.5 Å². The lowest BCUT2D eigenvalue weighted by atomic mass is 9.90. The van der Waals surface area contributed by atoms with E-state index >= 15 is 0 Å². The lowest BCUT2D eigenvalue weighted by Crippen LogP contribution is -2.43. The molecule has 1 N–H and O–H groups in total. The average molecular weight is 246 g/mol. The van der Waals surface area contributed by atoms with Crippen LogP contribution in [0.1, 0.15) is 31.4 Å². The molecule has 3 heterocycles. The van der Waals surface area contributed by atoms with Crippen LogP contribution in [0.2, 0.25) is 0 Å². The Morgan fingerprint density at radius 3 is 3.06 bits per heavy atom. The highest BCUT2D eigenvalue weighted by atomic mass is 15.1. The monoisotopic (exact) mass is 246 g/mol. The topological polar surface area (TPSA) is 41.1 Å². The van der Waals surface area contributed by atoms with Crippen LogP contribution in [0.4, 0.5) is 0 Å². The van der Waals surface area contributed by atoms with E-state index in [1.165, 1.54) is 45.3 Å². The standard InChI is InChI=1S/C14H22N4/c1-4-14(17-5-1)12-3-2-8-18(10-12)11-13-9-15-6-7-16-13/h6-7,9,12,14,17H,1-5,8,10-11H2. The second kappa shape index (κ2) is 5.76. The van der Waals surface area contributed by atoms with Crippen molar-refractivity contribution < 1.29 is 0 Å². The van der Waals surface area contributed by atoms with Crippen LogP contribution in [0.5, 0.6) is 0 Å². The predicted octanol–water partition coefficient (Wildman–Crippen LogP) is 1.44. The Morgan fingerprint density at radius 2 is 2.28 bits per heavy atom. The molecule has 2 aliphatic heterocycles. The molecule has 0 spiro atoms. The van der Waals surface area contributed by atoms with Gasteiger partial charge in [0.15, 0.2) is 0 Å². The Morgan fingerprint density at radius 1 is 1.28 bits per heavy atom. The zero-order chi connectivity index (χ0) is 12.2. The molecule has 0 bridgehead atoms. The summed E-state index contributed by atoms with van der Waals surface area (Å²) in [5.41, 5.74) is 1.09. The lowest BCUT2D eigenvalue weighted by Gasteiger charge is -2.35. The summed E-state index contributed by atoms with van der Waals surface area (Å²) in [7, 11) is 0. The van der Waals surface area contributed by atoms with Gasteiger partial charge in [0.05, 0.1) is 5.69 Å². The molecule has 3 rings (SSSR count). The van der Waals surface area contributed by atoms with Crippen molar-refractivity contribution >= 4 is 0 Å². The van der Waals surface area contributed by atoms with Gasteiger partial charge >= 0.3 is 0 Å². The zero-order valence-electron chi connectivity index (χ0n) is 10.9. The summed E-state index contributed by atoms with van der Waals surface area (Å²) in [6.07, 6.45) is 10.8. The molecule has 4 nitrogen and oxygen atoms in total. The number of aromatic nitrogens is 2. The van der Waals surface area contributed by atoms with Crippen LogP contribution in [0.15, 0.2) is 18.6 Å². The molecule has 1 aromatic heterocycles. The first-order valence-corrected chi connectivity index (χ1v) is 7.12. The largest absolute Gasteiger partial charge is 0.314 e. The third kappa shape index (κ3) is 2.87. The summed E-state index contributed by atoms with van der Waals surface area (Å²) in [5.74, 6) is 0.831. The number of nitrogens with one attached hydrogen (secondary N) is 1. The van der Waals surface area contributed by atoms with Gasteiger partial charge in [-0.2, -0.15) is 0 Å². The van der Waals surface area contributed by atoms with Gasteiger partial charge < -0.3 is 5.32 Å². The third-order valence-corrected chi connectivity index (χ3v) is 4.21. The first kappa shape index (κ1) is 12.1. The molecular formula is C14H22N4.